The highest BCUT2D eigenvalue weighted by Crippen LogP contribution is 2.28. The van der Waals surface area contributed by atoms with Crippen LogP contribution in [0.25, 0.3) is 0 Å². The number of ether oxygens (including phenoxy) is 2. The van der Waals surface area contributed by atoms with E-state index in [1.165, 1.54) is 22.5 Å². The molecule has 29 heavy (non-hydrogen) atoms. The number of morpholine rings is 1. The van der Waals surface area contributed by atoms with Gasteiger partial charge in [-0.2, -0.15) is 4.31 Å². The fourth-order valence-electron chi connectivity index (χ4n) is 2.75. The fraction of sp³-hybridized carbons (Fsp3) is 0.316. The lowest BCUT2D eigenvalue weighted by atomic mass is 10.2. The topological polar surface area (TPSA) is 84.9 Å². The number of nitrogens with one attached hydrogen (secondary N) is 1. The van der Waals surface area contributed by atoms with Crippen LogP contribution in [-0.2, 0) is 19.6 Å². The molecular weight excluding hydrogens is 439 g/mol. The summed E-state index contributed by atoms with van der Waals surface area (Å²) in [5.74, 6) is -0.167. The Morgan fingerprint density at radius 2 is 1.90 bits per heavy atom. The van der Waals surface area contributed by atoms with E-state index in [2.05, 4.69) is 5.32 Å². The number of carbonyl (C=O) groups is 1. The SMILES string of the molecule is Cc1ccc(S(=O)(=O)N2CCOCC2)cc1NC(=O)COc1cc(Cl)ccc1Cl. The van der Waals surface area contributed by atoms with Crippen molar-refractivity contribution in [3.05, 3.63) is 52.0 Å². The molecular formula is C19H20Cl2N2O5S. The number of hydrogen-bond acceptors (Lipinski definition) is 5. The van der Waals surface area contributed by atoms with Crippen LogP contribution in [0.1, 0.15) is 5.56 Å². The molecule has 1 N–H and O–H groups in total. The average Bonchev–Trinajstić information content (AvgIpc) is 2.71. The standard InChI is InChI=1S/C19H20Cl2N2O5S/c1-13-2-4-15(29(25,26)23-6-8-27-9-7-23)11-17(13)22-19(24)12-28-18-10-14(20)3-5-16(18)21/h2-5,10-11H,6-9,12H2,1H3,(H,22,24). The van der Waals surface area contributed by atoms with E-state index in [1.54, 1.807) is 25.1 Å². The number of anilines is 1. The Kier molecular flexibility index (Phi) is 7.02. The number of sulfonamides is 1. The predicted molar refractivity (Wildman–Crippen MR) is 111 cm³/mol. The Balaban J connectivity index is 1.71. The molecule has 2 aromatic carbocycles. The number of benzene rings is 2. The van der Waals surface area contributed by atoms with Gasteiger partial charge in [0.05, 0.1) is 23.1 Å². The molecule has 0 saturated carbocycles. The van der Waals surface area contributed by atoms with Gasteiger partial charge in [0.1, 0.15) is 5.75 Å². The Morgan fingerprint density at radius 1 is 1.17 bits per heavy atom. The van der Waals surface area contributed by atoms with Crippen LogP contribution in [0.5, 0.6) is 5.75 Å². The second-order valence-corrected chi connectivity index (χ2v) is 9.19. The van der Waals surface area contributed by atoms with Crippen molar-refractivity contribution < 1.29 is 22.7 Å². The first-order valence-corrected chi connectivity index (χ1v) is 11.0. The fourth-order valence-corrected chi connectivity index (χ4v) is 4.52. The summed E-state index contributed by atoms with van der Waals surface area (Å²) in [6, 6.07) is 9.32. The molecule has 0 radical (unpaired) electrons. The number of rotatable bonds is 6. The molecule has 7 nitrogen and oxygen atoms in total. The third-order valence-corrected chi connectivity index (χ3v) is 6.78. The van der Waals surface area contributed by atoms with E-state index in [0.717, 1.165) is 5.56 Å². The van der Waals surface area contributed by atoms with Gasteiger partial charge in [-0.15, -0.1) is 0 Å². The van der Waals surface area contributed by atoms with Crippen molar-refractivity contribution in [1.82, 2.24) is 4.31 Å². The van der Waals surface area contributed by atoms with Gasteiger partial charge < -0.3 is 14.8 Å². The highest BCUT2D eigenvalue weighted by atomic mass is 35.5. The van der Waals surface area contributed by atoms with Crippen LogP contribution in [0.2, 0.25) is 10.0 Å². The maximum absolute atomic E-state index is 12.8. The molecule has 156 valence electrons. The van der Waals surface area contributed by atoms with Crippen LogP contribution in [0, 0.1) is 6.92 Å². The van der Waals surface area contributed by atoms with Crippen molar-refractivity contribution in [3.8, 4) is 5.75 Å². The number of carbonyl (C=O) groups excluding carboxylic acids is 1. The minimum Gasteiger partial charge on any atom is -0.482 e. The summed E-state index contributed by atoms with van der Waals surface area (Å²) < 4.78 is 37.6. The van der Waals surface area contributed by atoms with E-state index in [-0.39, 0.29) is 17.3 Å². The Morgan fingerprint density at radius 3 is 2.62 bits per heavy atom. The maximum Gasteiger partial charge on any atom is 0.262 e. The summed E-state index contributed by atoms with van der Waals surface area (Å²) in [5.41, 5.74) is 1.12. The van der Waals surface area contributed by atoms with Crippen LogP contribution in [0.15, 0.2) is 41.3 Å². The minimum atomic E-state index is -3.66. The van der Waals surface area contributed by atoms with Crippen molar-refractivity contribution in [2.45, 2.75) is 11.8 Å². The average molecular weight is 459 g/mol. The van der Waals surface area contributed by atoms with Crippen LogP contribution < -0.4 is 10.1 Å². The van der Waals surface area contributed by atoms with Crippen molar-refractivity contribution in [2.24, 2.45) is 0 Å². The third kappa shape index (κ3) is 5.40. The summed E-state index contributed by atoms with van der Waals surface area (Å²) in [7, 11) is -3.66. The molecule has 0 aromatic heterocycles. The molecule has 3 rings (SSSR count). The van der Waals surface area contributed by atoms with Crippen LogP contribution in [-0.4, -0.2) is 51.5 Å². The van der Waals surface area contributed by atoms with Gasteiger partial charge in [-0.25, -0.2) is 8.42 Å². The molecule has 1 saturated heterocycles. The van der Waals surface area contributed by atoms with Gasteiger partial charge in [-0.05, 0) is 36.8 Å². The van der Waals surface area contributed by atoms with Gasteiger partial charge >= 0.3 is 0 Å². The lowest BCUT2D eigenvalue weighted by Gasteiger charge is -2.26. The van der Waals surface area contributed by atoms with Gasteiger partial charge in [0.25, 0.3) is 5.91 Å². The largest absolute Gasteiger partial charge is 0.482 e. The maximum atomic E-state index is 12.8. The molecule has 0 atom stereocenters. The van der Waals surface area contributed by atoms with E-state index < -0.39 is 15.9 Å². The summed E-state index contributed by atoms with van der Waals surface area (Å²) in [4.78, 5) is 12.4. The Labute approximate surface area is 179 Å². The molecule has 1 aliphatic rings. The van der Waals surface area contributed by atoms with E-state index in [0.29, 0.717) is 42.0 Å². The quantitative estimate of drug-likeness (QED) is 0.717. The van der Waals surface area contributed by atoms with Gasteiger partial charge in [0.2, 0.25) is 10.0 Å². The highest BCUT2D eigenvalue weighted by molar-refractivity contribution is 7.89. The summed E-state index contributed by atoms with van der Waals surface area (Å²) in [6.07, 6.45) is 0. The lowest BCUT2D eigenvalue weighted by Crippen LogP contribution is -2.40. The Hall–Kier alpha value is -1.84. The molecule has 1 aliphatic heterocycles. The molecule has 10 heteroatoms. The molecule has 1 heterocycles. The monoisotopic (exact) mass is 458 g/mol. The zero-order valence-corrected chi connectivity index (χ0v) is 18.0. The van der Waals surface area contributed by atoms with Crippen molar-refractivity contribution in [2.75, 3.05) is 38.2 Å². The lowest BCUT2D eigenvalue weighted by molar-refractivity contribution is -0.118. The van der Waals surface area contributed by atoms with Crippen molar-refractivity contribution in [3.63, 3.8) is 0 Å². The Bertz CT molecular complexity index is 1010. The molecule has 0 spiro atoms. The van der Waals surface area contributed by atoms with E-state index in [1.807, 2.05) is 0 Å². The van der Waals surface area contributed by atoms with Gasteiger partial charge in [-0.1, -0.05) is 29.3 Å². The molecule has 2 aromatic rings. The molecule has 1 fully saturated rings. The van der Waals surface area contributed by atoms with Crippen molar-refractivity contribution >= 4 is 44.8 Å². The first-order valence-electron chi connectivity index (χ1n) is 8.83. The van der Waals surface area contributed by atoms with Crippen LogP contribution >= 0.6 is 23.2 Å². The van der Waals surface area contributed by atoms with Gasteiger partial charge in [-0.3, -0.25) is 4.79 Å². The first-order chi connectivity index (χ1) is 13.8. The molecule has 1 amide bonds. The molecule has 0 aliphatic carbocycles. The zero-order valence-electron chi connectivity index (χ0n) is 15.7. The smallest absolute Gasteiger partial charge is 0.262 e. The second kappa shape index (κ2) is 9.32. The normalized spacial score (nSPS) is 15.1. The molecule has 0 unspecified atom stereocenters. The zero-order chi connectivity index (χ0) is 21.0. The summed E-state index contributed by atoms with van der Waals surface area (Å²) in [5, 5.41) is 3.44. The molecule has 0 bridgehead atoms. The van der Waals surface area contributed by atoms with Crippen LogP contribution in [0.3, 0.4) is 0 Å². The number of halogens is 2. The number of nitrogens with zero attached hydrogens (tertiary/aromatic N) is 1. The van der Waals surface area contributed by atoms with Gasteiger partial charge in [0.15, 0.2) is 6.61 Å². The summed E-state index contributed by atoms with van der Waals surface area (Å²) in [6.45, 7) is 2.78. The number of hydrogen-bond donors (Lipinski definition) is 1. The van der Waals surface area contributed by atoms with Gasteiger partial charge in [0, 0.05) is 29.9 Å². The van der Waals surface area contributed by atoms with E-state index >= 15 is 0 Å². The van der Waals surface area contributed by atoms with Crippen molar-refractivity contribution in [1.29, 1.82) is 0 Å². The van der Waals surface area contributed by atoms with E-state index in [4.69, 9.17) is 32.7 Å². The van der Waals surface area contributed by atoms with E-state index in [9.17, 15) is 13.2 Å². The minimum absolute atomic E-state index is 0.110. The summed E-state index contributed by atoms with van der Waals surface area (Å²) >= 11 is 11.9. The number of aryl methyl sites for hydroxylation is 1. The van der Waals surface area contributed by atoms with Crippen LogP contribution in [0.4, 0.5) is 5.69 Å². The number of amides is 1. The third-order valence-electron chi connectivity index (χ3n) is 4.34. The first kappa shape index (κ1) is 21.9. The predicted octanol–water partition coefficient (Wildman–Crippen LogP) is 3.34. The second-order valence-electron chi connectivity index (χ2n) is 6.40. The highest BCUT2D eigenvalue weighted by Gasteiger charge is 2.26.